The van der Waals surface area contributed by atoms with Crippen LogP contribution in [0.4, 0.5) is 0 Å². The van der Waals surface area contributed by atoms with Crippen LogP contribution in [0.2, 0.25) is 5.02 Å². The monoisotopic (exact) mass is 414 g/mol. The molecule has 2 heterocycles. The number of hydrogen-bond acceptors (Lipinski definition) is 3. The molecule has 2 aromatic carbocycles. The number of carbonyl (C=O) groups is 2. The summed E-state index contributed by atoms with van der Waals surface area (Å²) in [6.45, 7) is 1.69. The van der Waals surface area contributed by atoms with Crippen LogP contribution in [-0.2, 0) is 0 Å². The van der Waals surface area contributed by atoms with E-state index >= 15 is 0 Å². The summed E-state index contributed by atoms with van der Waals surface area (Å²) < 4.78 is 1.70. The number of rotatable bonds is 4. The number of halogens is 1. The normalized spacial score (nSPS) is 10.5. The number of imidazole rings is 1. The fourth-order valence-electron chi connectivity index (χ4n) is 3.29. The van der Waals surface area contributed by atoms with Crippen molar-refractivity contribution >= 4 is 28.9 Å². The average molecular weight is 415 g/mol. The summed E-state index contributed by atoms with van der Waals surface area (Å²) in [7, 11) is 0. The third-order valence-corrected chi connectivity index (χ3v) is 4.97. The van der Waals surface area contributed by atoms with Gasteiger partial charge in [-0.15, -0.1) is 5.92 Å². The molecule has 4 rings (SSSR count). The lowest BCUT2D eigenvalue weighted by Crippen LogP contribution is -2.09. The van der Waals surface area contributed by atoms with E-state index in [0.717, 1.165) is 5.52 Å². The van der Waals surface area contributed by atoms with Crippen LogP contribution in [0, 0.1) is 11.8 Å². The molecule has 6 heteroatoms. The summed E-state index contributed by atoms with van der Waals surface area (Å²) in [4.78, 5) is 29.2. The van der Waals surface area contributed by atoms with Crippen molar-refractivity contribution in [3.63, 3.8) is 0 Å². The molecular weight excluding hydrogens is 400 g/mol. The Labute approximate surface area is 177 Å². The minimum Gasteiger partial charge on any atom is -0.478 e. The Morgan fingerprint density at radius 2 is 1.80 bits per heavy atom. The molecule has 0 radical (unpaired) electrons. The highest BCUT2D eigenvalue weighted by Crippen LogP contribution is 2.28. The van der Waals surface area contributed by atoms with E-state index in [0.29, 0.717) is 27.4 Å². The third kappa shape index (κ3) is 3.34. The van der Waals surface area contributed by atoms with Crippen molar-refractivity contribution in [3.05, 3.63) is 94.4 Å². The second kappa shape index (κ2) is 7.86. The SMILES string of the molecule is CC#Cc1cccc(Cl)c1C(=O)c1nc(-c2ccc(C(=O)O)cc2)c2ccccn12. The topological polar surface area (TPSA) is 71.7 Å². The second-order valence-corrected chi connectivity index (χ2v) is 6.90. The lowest BCUT2D eigenvalue weighted by Gasteiger charge is -2.06. The van der Waals surface area contributed by atoms with E-state index in [9.17, 15) is 9.59 Å². The van der Waals surface area contributed by atoms with Gasteiger partial charge in [-0.3, -0.25) is 9.20 Å². The van der Waals surface area contributed by atoms with Gasteiger partial charge in [0.2, 0.25) is 5.78 Å². The summed E-state index contributed by atoms with van der Waals surface area (Å²) in [6, 6.07) is 17.0. The van der Waals surface area contributed by atoms with E-state index in [1.165, 1.54) is 12.1 Å². The van der Waals surface area contributed by atoms with Gasteiger partial charge in [0.05, 0.1) is 27.4 Å². The van der Waals surface area contributed by atoms with E-state index in [-0.39, 0.29) is 17.2 Å². The zero-order chi connectivity index (χ0) is 21.3. The molecule has 0 saturated carbocycles. The number of aromatic nitrogens is 2. The van der Waals surface area contributed by atoms with Crippen molar-refractivity contribution in [1.29, 1.82) is 0 Å². The molecule has 0 atom stereocenters. The summed E-state index contributed by atoms with van der Waals surface area (Å²) in [5.74, 6) is 4.59. The van der Waals surface area contributed by atoms with E-state index in [1.807, 2.05) is 18.2 Å². The van der Waals surface area contributed by atoms with Gasteiger partial charge in [0.15, 0.2) is 5.82 Å². The van der Waals surface area contributed by atoms with Crippen molar-refractivity contribution in [2.24, 2.45) is 0 Å². The van der Waals surface area contributed by atoms with Gasteiger partial charge in [-0.05, 0) is 43.3 Å². The predicted molar refractivity (Wildman–Crippen MR) is 115 cm³/mol. The number of aromatic carboxylic acids is 1. The second-order valence-electron chi connectivity index (χ2n) is 6.49. The van der Waals surface area contributed by atoms with Crippen molar-refractivity contribution < 1.29 is 14.7 Å². The molecule has 0 saturated heterocycles. The first-order chi connectivity index (χ1) is 14.5. The number of carboxylic acid groups (broad SMARTS) is 1. The Morgan fingerprint density at radius 3 is 2.50 bits per heavy atom. The highest BCUT2D eigenvalue weighted by molar-refractivity contribution is 6.35. The van der Waals surface area contributed by atoms with Crippen LogP contribution < -0.4 is 0 Å². The van der Waals surface area contributed by atoms with E-state index in [4.69, 9.17) is 16.7 Å². The zero-order valence-corrected chi connectivity index (χ0v) is 16.6. The number of carboxylic acids is 1. The number of pyridine rings is 1. The van der Waals surface area contributed by atoms with Crippen LogP contribution in [-0.4, -0.2) is 26.2 Å². The summed E-state index contributed by atoms with van der Waals surface area (Å²) in [6.07, 6.45) is 1.76. The van der Waals surface area contributed by atoms with Crippen LogP contribution in [0.3, 0.4) is 0 Å². The Balaban J connectivity index is 1.91. The van der Waals surface area contributed by atoms with Crippen LogP contribution in [0.25, 0.3) is 16.8 Å². The number of nitrogens with zero attached hydrogens (tertiary/aromatic N) is 2. The number of ketones is 1. The smallest absolute Gasteiger partial charge is 0.335 e. The van der Waals surface area contributed by atoms with E-state index < -0.39 is 5.97 Å². The predicted octanol–water partition coefficient (Wildman–Crippen LogP) is 4.96. The van der Waals surface area contributed by atoms with Gasteiger partial charge in [0.1, 0.15) is 0 Å². The molecule has 30 heavy (non-hydrogen) atoms. The molecule has 0 aliphatic heterocycles. The van der Waals surface area contributed by atoms with Crippen molar-refractivity contribution in [2.75, 3.05) is 0 Å². The Morgan fingerprint density at radius 1 is 1.03 bits per heavy atom. The molecular formula is C24H15ClN2O3. The first-order valence-electron chi connectivity index (χ1n) is 9.08. The van der Waals surface area contributed by atoms with Crippen molar-refractivity contribution in [2.45, 2.75) is 6.92 Å². The fourth-order valence-corrected chi connectivity index (χ4v) is 3.55. The minimum absolute atomic E-state index is 0.178. The molecule has 1 N–H and O–H groups in total. The van der Waals surface area contributed by atoms with Gasteiger partial charge in [-0.2, -0.15) is 0 Å². The number of benzene rings is 2. The summed E-state index contributed by atoms with van der Waals surface area (Å²) in [5.41, 5.74) is 3.02. The average Bonchev–Trinajstić information content (AvgIpc) is 3.13. The Kier molecular flexibility index (Phi) is 5.09. The Hall–Kier alpha value is -3.88. The molecule has 0 aliphatic rings. The zero-order valence-electron chi connectivity index (χ0n) is 15.9. The largest absolute Gasteiger partial charge is 0.478 e. The minimum atomic E-state index is -1.00. The maximum Gasteiger partial charge on any atom is 0.335 e. The van der Waals surface area contributed by atoms with Crippen LogP contribution in [0.5, 0.6) is 0 Å². The maximum atomic E-state index is 13.5. The summed E-state index contributed by atoms with van der Waals surface area (Å²) in [5, 5.41) is 9.43. The molecule has 0 fully saturated rings. The van der Waals surface area contributed by atoms with Gasteiger partial charge >= 0.3 is 5.97 Å². The molecule has 5 nitrogen and oxygen atoms in total. The van der Waals surface area contributed by atoms with Crippen LogP contribution in [0.1, 0.15) is 39.0 Å². The van der Waals surface area contributed by atoms with Gasteiger partial charge in [0.25, 0.3) is 0 Å². The Bertz CT molecular complexity index is 1360. The molecule has 2 aromatic heterocycles. The quantitative estimate of drug-likeness (QED) is 0.378. The van der Waals surface area contributed by atoms with E-state index in [2.05, 4.69) is 16.8 Å². The number of carbonyl (C=O) groups excluding carboxylic acids is 1. The van der Waals surface area contributed by atoms with Crippen molar-refractivity contribution in [1.82, 2.24) is 9.38 Å². The molecule has 4 aromatic rings. The molecule has 0 spiro atoms. The van der Waals surface area contributed by atoms with Crippen LogP contribution in [0.15, 0.2) is 66.9 Å². The number of fused-ring (bicyclic) bond motifs is 1. The van der Waals surface area contributed by atoms with Gasteiger partial charge in [-0.1, -0.05) is 41.8 Å². The fraction of sp³-hybridized carbons (Fsp3) is 0.0417. The first-order valence-corrected chi connectivity index (χ1v) is 9.46. The number of hydrogen-bond donors (Lipinski definition) is 1. The van der Waals surface area contributed by atoms with Crippen molar-refractivity contribution in [3.8, 4) is 23.1 Å². The van der Waals surface area contributed by atoms with E-state index in [1.54, 1.807) is 47.9 Å². The van der Waals surface area contributed by atoms with Crippen LogP contribution >= 0.6 is 11.6 Å². The highest BCUT2D eigenvalue weighted by Gasteiger charge is 2.23. The molecule has 146 valence electrons. The molecule has 0 aliphatic carbocycles. The lowest BCUT2D eigenvalue weighted by molar-refractivity contribution is 0.0696. The molecule has 0 bridgehead atoms. The standard InChI is InChI=1S/C24H15ClN2O3/c1-2-6-15-7-5-8-18(25)20(15)22(28)23-26-21(19-9-3-4-14-27(19)23)16-10-12-17(13-11-16)24(29)30/h3-5,7-14H,1H3,(H,29,30). The van der Waals surface area contributed by atoms with Gasteiger partial charge in [-0.25, -0.2) is 9.78 Å². The maximum absolute atomic E-state index is 13.5. The third-order valence-electron chi connectivity index (χ3n) is 4.66. The van der Waals surface area contributed by atoms with Gasteiger partial charge in [0, 0.05) is 17.3 Å². The lowest BCUT2D eigenvalue weighted by atomic mass is 10.0. The molecule has 0 amide bonds. The first kappa shape index (κ1) is 19.4. The van der Waals surface area contributed by atoms with Gasteiger partial charge < -0.3 is 5.11 Å². The highest BCUT2D eigenvalue weighted by atomic mass is 35.5. The summed E-state index contributed by atoms with van der Waals surface area (Å²) >= 11 is 6.35. The molecule has 0 unspecified atom stereocenters.